The van der Waals surface area contributed by atoms with Gasteiger partial charge < -0.3 is 15.4 Å². The van der Waals surface area contributed by atoms with Crippen molar-refractivity contribution in [1.29, 1.82) is 0 Å². The molecule has 0 aliphatic rings. The first-order valence-electron chi connectivity index (χ1n) is 11.6. The third-order valence-electron chi connectivity index (χ3n) is 5.84. The number of aromatic nitrogens is 2. The molecule has 1 aromatic heterocycles. The standard InChI is InChI=1S/C26H33N5O4/c1-5-29(18(2)3)21-13-11-20(12-14-21)25(33)31(17-19-9-7-6-8-10-19)22-23(27)30(15-16-35-4)26(34)28-24(22)32/h6-14,18H,5,15-17,27H2,1-4H3,(H,28,32,34). The Labute approximate surface area is 204 Å². The van der Waals surface area contributed by atoms with Crippen LogP contribution < -0.4 is 26.8 Å². The van der Waals surface area contributed by atoms with Crippen molar-refractivity contribution < 1.29 is 9.53 Å². The van der Waals surface area contributed by atoms with Crippen molar-refractivity contribution in [2.24, 2.45) is 0 Å². The van der Waals surface area contributed by atoms with E-state index in [1.807, 2.05) is 42.5 Å². The summed E-state index contributed by atoms with van der Waals surface area (Å²) in [5.41, 5.74) is 7.06. The summed E-state index contributed by atoms with van der Waals surface area (Å²) in [6, 6.07) is 16.9. The molecule has 0 unspecified atom stereocenters. The van der Waals surface area contributed by atoms with Crippen molar-refractivity contribution in [1.82, 2.24) is 9.55 Å². The van der Waals surface area contributed by atoms with Crippen LogP contribution in [0, 0.1) is 0 Å². The number of methoxy groups -OCH3 is 1. The van der Waals surface area contributed by atoms with Gasteiger partial charge in [-0.15, -0.1) is 0 Å². The molecular formula is C26H33N5O4. The van der Waals surface area contributed by atoms with Gasteiger partial charge in [0.1, 0.15) is 5.82 Å². The highest BCUT2D eigenvalue weighted by atomic mass is 16.5. The van der Waals surface area contributed by atoms with Crippen LogP contribution in [0.3, 0.4) is 0 Å². The first kappa shape index (κ1) is 25.8. The molecule has 0 bridgehead atoms. The topological polar surface area (TPSA) is 114 Å². The van der Waals surface area contributed by atoms with Gasteiger partial charge in [-0.1, -0.05) is 30.3 Å². The number of benzene rings is 2. The molecule has 9 heteroatoms. The molecule has 1 heterocycles. The Morgan fingerprint density at radius 2 is 1.74 bits per heavy atom. The van der Waals surface area contributed by atoms with Crippen molar-refractivity contribution >= 4 is 23.1 Å². The molecule has 9 nitrogen and oxygen atoms in total. The number of H-pyrrole nitrogens is 1. The second kappa shape index (κ2) is 11.5. The number of nitrogens with zero attached hydrogens (tertiary/aromatic N) is 3. The van der Waals surface area contributed by atoms with Gasteiger partial charge in [-0.3, -0.25) is 24.0 Å². The van der Waals surface area contributed by atoms with Gasteiger partial charge in [0.2, 0.25) is 0 Å². The van der Waals surface area contributed by atoms with Gasteiger partial charge in [0.05, 0.1) is 19.7 Å². The van der Waals surface area contributed by atoms with Crippen LogP contribution in [-0.2, 0) is 17.8 Å². The highest BCUT2D eigenvalue weighted by Crippen LogP contribution is 2.24. The van der Waals surface area contributed by atoms with Gasteiger partial charge in [-0.2, -0.15) is 0 Å². The molecule has 0 aliphatic carbocycles. The molecule has 0 spiro atoms. The monoisotopic (exact) mass is 479 g/mol. The Morgan fingerprint density at radius 1 is 1.09 bits per heavy atom. The van der Waals surface area contributed by atoms with Crippen molar-refractivity contribution in [2.45, 2.75) is 39.9 Å². The highest BCUT2D eigenvalue weighted by Gasteiger charge is 2.26. The molecule has 1 amide bonds. The van der Waals surface area contributed by atoms with E-state index in [2.05, 4.69) is 30.7 Å². The summed E-state index contributed by atoms with van der Waals surface area (Å²) >= 11 is 0. The number of hydrogen-bond acceptors (Lipinski definition) is 6. The van der Waals surface area contributed by atoms with Crippen molar-refractivity contribution in [3.8, 4) is 0 Å². The molecule has 2 aromatic carbocycles. The first-order valence-corrected chi connectivity index (χ1v) is 11.6. The second-order valence-corrected chi connectivity index (χ2v) is 8.44. The Balaban J connectivity index is 2.09. The number of rotatable bonds is 10. The number of aromatic amines is 1. The van der Waals surface area contributed by atoms with Crippen LogP contribution in [0.5, 0.6) is 0 Å². The Hall–Kier alpha value is -3.85. The number of nitrogens with two attached hydrogens (primary N) is 1. The van der Waals surface area contributed by atoms with E-state index in [0.717, 1.165) is 17.8 Å². The van der Waals surface area contributed by atoms with E-state index in [9.17, 15) is 14.4 Å². The molecule has 3 rings (SSSR count). The lowest BCUT2D eigenvalue weighted by atomic mass is 10.1. The quantitative estimate of drug-likeness (QED) is 0.462. The molecule has 186 valence electrons. The van der Waals surface area contributed by atoms with Gasteiger partial charge in [-0.05, 0) is 50.6 Å². The molecule has 0 saturated carbocycles. The van der Waals surface area contributed by atoms with Crippen LogP contribution in [0.4, 0.5) is 17.2 Å². The summed E-state index contributed by atoms with van der Waals surface area (Å²) in [4.78, 5) is 44.9. The summed E-state index contributed by atoms with van der Waals surface area (Å²) in [6.45, 7) is 7.58. The Kier molecular flexibility index (Phi) is 8.48. The van der Waals surface area contributed by atoms with Gasteiger partial charge in [-0.25, -0.2) is 4.79 Å². The van der Waals surface area contributed by atoms with Gasteiger partial charge in [0, 0.05) is 30.9 Å². The third-order valence-corrected chi connectivity index (χ3v) is 5.84. The Morgan fingerprint density at radius 3 is 2.31 bits per heavy atom. The molecule has 0 atom stereocenters. The largest absolute Gasteiger partial charge is 0.383 e. The van der Waals surface area contributed by atoms with E-state index in [0.29, 0.717) is 11.6 Å². The summed E-state index contributed by atoms with van der Waals surface area (Å²) in [5, 5.41) is 0. The van der Waals surface area contributed by atoms with E-state index in [4.69, 9.17) is 10.5 Å². The summed E-state index contributed by atoms with van der Waals surface area (Å²) in [6.07, 6.45) is 0. The van der Waals surface area contributed by atoms with E-state index in [1.165, 1.54) is 16.6 Å². The van der Waals surface area contributed by atoms with Gasteiger partial charge >= 0.3 is 5.69 Å². The van der Waals surface area contributed by atoms with Crippen molar-refractivity contribution in [3.63, 3.8) is 0 Å². The van der Waals surface area contributed by atoms with Gasteiger partial charge in [0.15, 0.2) is 5.69 Å². The summed E-state index contributed by atoms with van der Waals surface area (Å²) < 4.78 is 6.27. The molecule has 0 aliphatic heterocycles. The van der Waals surface area contributed by atoms with Crippen molar-refractivity contribution in [2.75, 3.05) is 35.8 Å². The second-order valence-electron chi connectivity index (χ2n) is 8.44. The molecule has 3 N–H and O–H groups in total. The SMILES string of the molecule is CCN(c1ccc(C(=O)N(Cc2ccccc2)c2c(N)n(CCOC)c(=O)[nH]c2=O)cc1)C(C)C. The lowest BCUT2D eigenvalue weighted by molar-refractivity contribution is 0.0984. The minimum atomic E-state index is -0.723. The minimum absolute atomic E-state index is 0.0732. The third kappa shape index (κ3) is 5.81. The average Bonchev–Trinajstić information content (AvgIpc) is 2.84. The lowest BCUT2D eigenvalue weighted by Crippen LogP contribution is -2.41. The first-order chi connectivity index (χ1) is 16.8. The summed E-state index contributed by atoms with van der Waals surface area (Å²) in [7, 11) is 1.50. The average molecular weight is 480 g/mol. The van der Waals surface area contributed by atoms with Crippen LogP contribution in [0.1, 0.15) is 36.7 Å². The number of carbonyl (C=O) groups is 1. The minimum Gasteiger partial charge on any atom is -0.383 e. The molecule has 3 aromatic rings. The highest BCUT2D eigenvalue weighted by molar-refractivity contribution is 6.07. The maximum Gasteiger partial charge on any atom is 0.330 e. The van der Waals surface area contributed by atoms with Gasteiger partial charge in [0.25, 0.3) is 11.5 Å². The number of ether oxygens (including phenoxy) is 1. The predicted octanol–water partition coefficient (Wildman–Crippen LogP) is 2.85. The van der Waals surface area contributed by atoms with Crippen LogP contribution in [0.2, 0.25) is 0 Å². The fourth-order valence-corrected chi connectivity index (χ4v) is 4.06. The van der Waals surface area contributed by atoms with Crippen LogP contribution >= 0.6 is 0 Å². The van der Waals surface area contributed by atoms with Crippen LogP contribution in [0.15, 0.2) is 64.2 Å². The van der Waals surface area contributed by atoms with E-state index >= 15 is 0 Å². The molecule has 0 radical (unpaired) electrons. The van der Waals surface area contributed by atoms with E-state index < -0.39 is 17.2 Å². The maximum atomic E-state index is 13.7. The number of nitrogens with one attached hydrogen (secondary N) is 1. The fraction of sp³-hybridized carbons (Fsp3) is 0.346. The molecule has 0 saturated heterocycles. The van der Waals surface area contributed by atoms with Crippen LogP contribution in [-0.4, -0.2) is 41.8 Å². The number of carbonyl (C=O) groups excluding carboxylic acids is 1. The number of amides is 1. The zero-order valence-electron chi connectivity index (χ0n) is 20.7. The van der Waals surface area contributed by atoms with Crippen LogP contribution in [0.25, 0.3) is 0 Å². The van der Waals surface area contributed by atoms with E-state index in [-0.39, 0.29) is 31.2 Å². The maximum absolute atomic E-state index is 13.7. The molecule has 0 fully saturated rings. The number of hydrogen-bond donors (Lipinski definition) is 2. The number of nitrogen functional groups attached to an aromatic ring is 1. The fourth-order valence-electron chi connectivity index (χ4n) is 4.06. The van der Waals surface area contributed by atoms with Crippen molar-refractivity contribution in [3.05, 3.63) is 86.6 Å². The zero-order chi connectivity index (χ0) is 25.5. The van der Waals surface area contributed by atoms with E-state index in [1.54, 1.807) is 12.1 Å². The Bertz CT molecular complexity index is 1250. The summed E-state index contributed by atoms with van der Waals surface area (Å²) in [5.74, 6) is -0.490. The smallest absolute Gasteiger partial charge is 0.330 e. The number of anilines is 3. The molecule has 35 heavy (non-hydrogen) atoms. The normalized spacial score (nSPS) is 11.0. The predicted molar refractivity (Wildman–Crippen MR) is 139 cm³/mol. The zero-order valence-corrected chi connectivity index (χ0v) is 20.7. The molecular weight excluding hydrogens is 446 g/mol. The lowest BCUT2D eigenvalue weighted by Gasteiger charge is -2.28.